The van der Waals surface area contributed by atoms with Gasteiger partial charge in [0.2, 0.25) is 0 Å². The van der Waals surface area contributed by atoms with Crippen molar-refractivity contribution in [3.8, 4) is 5.75 Å². The van der Waals surface area contributed by atoms with Crippen molar-refractivity contribution in [1.29, 1.82) is 0 Å². The zero-order chi connectivity index (χ0) is 21.1. The number of ether oxygens (including phenoxy) is 2. The van der Waals surface area contributed by atoms with Gasteiger partial charge in [0.25, 0.3) is 0 Å². The maximum Gasteiger partial charge on any atom is 0.191 e. The quantitative estimate of drug-likeness (QED) is 0.463. The number of nitrogens with one attached hydrogen (secondary N) is 2. The highest BCUT2D eigenvalue weighted by Crippen LogP contribution is 2.17. The average molecular weight is 405 g/mol. The Hall–Kier alpha value is -1.79. The molecule has 1 aliphatic heterocycles. The van der Waals surface area contributed by atoms with Crippen molar-refractivity contribution >= 4 is 5.96 Å². The zero-order valence-electron chi connectivity index (χ0n) is 18.9. The van der Waals surface area contributed by atoms with Crippen LogP contribution in [-0.4, -0.2) is 68.4 Å². The molecule has 1 saturated heterocycles. The number of likely N-dealkylation sites (tertiary alicyclic amines) is 1. The molecule has 164 valence electrons. The summed E-state index contributed by atoms with van der Waals surface area (Å²) in [6, 6.07) is 8.58. The monoisotopic (exact) mass is 404 g/mol. The van der Waals surface area contributed by atoms with Crippen LogP contribution in [0.5, 0.6) is 5.75 Å². The molecule has 0 aromatic heterocycles. The summed E-state index contributed by atoms with van der Waals surface area (Å²) in [5, 5.41) is 6.98. The minimum Gasteiger partial charge on any atom is -0.489 e. The van der Waals surface area contributed by atoms with E-state index >= 15 is 0 Å². The molecule has 29 heavy (non-hydrogen) atoms. The second-order valence-corrected chi connectivity index (χ2v) is 8.09. The van der Waals surface area contributed by atoms with Gasteiger partial charge in [-0.2, -0.15) is 0 Å². The van der Waals surface area contributed by atoms with Crippen LogP contribution in [-0.2, 0) is 4.74 Å². The van der Waals surface area contributed by atoms with Gasteiger partial charge in [-0.15, -0.1) is 0 Å². The molecule has 0 bridgehead atoms. The van der Waals surface area contributed by atoms with Crippen LogP contribution in [0, 0.1) is 6.92 Å². The molecule has 1 unspecified atom stereocenters. The van der Waals surface area contributed by atoms with E-state index in [0.717, 1.165) is 62.9 Å². The molecule has 1 aromatic rings. The summed E-state index contributed by atoms with van der Waals surface area (Å²) in [5.74, 6) is 1.82. The largest absolute Gasteiger partial charge is 0.489 e. The minimum absolute atomic E-state index is 0.0226. The van der Waals surface area contributed by atoms with E-state index in [0.29, 0.717) is 18.7 Å². The molecule has 1 aromatic carbocycles. The summed E-state index contributed by atoms with van der Waals surface area (Å²) < 4.78 is 11.7. The third-order valence-corrected chi connectivity index (χ3v) is 5.06. The van der Waals surface area contributed by atoms with Crippen molar-refractivity contribution in [2.45, 2.75) is 65.7 Å². The number of aryl methyl sites for hydroxylation is 1. The number of piperidine rings is 1. The highest BCUT2D eigenvalue weighted by Gasteiger charge is 2.20. The number of guanidine groups is 1. The standard InChI is InChI=1S/C23H40N4O2/c1-6-24-23(25-17-20(5)29-22-10-8-7-9-19(22)4)26-21-11-13-27(14-12-21)15-16-28-18(2)3/h7-10,18,20-21H,6,11-17H2,1-5H3,(H2,24,25,26). The molecule has 0 aliphatic carbocycles. The molecule has 0 saturated carbocycles. The van der Waals surface area contributed by atoms with E-state index in [1.807, 2.05) is 18.2 Å². The Kier molecular flexibility index (Phi) is 10.3. The van der Waals surface area contributed by atoms with Crippen LogP contribution in [0.25, 0.3) is 0 Å². The van der Waals surface area contributed by atoms with E-state index in [1.165, 1.54) is 0 Å². The molecule has 6 heteroatoms. The molecule has 1 aliphatic rings. The number of hydrogen-bond donors (Lipinski definition) is 2. The number of rotatable bonds is 10. The maximum absolute atomic E-state index is 6.05. The number of nitrogens with zero attached hydrogens (tertiary/aromatic N) is 2. The van der Waals surface area contributed by atoms with Crippen LogP contribution < -0.4 is 15.4 Å². The summed E-state index contributed by atoms with van der Waals surface area (Å²) >= 11 is 0. The van der Waals surface area contributed by atoms with Crippen molar-refractivity contribution in [1.82, 2.24) is 15.5 Å². The first-order chi connectivity index (χ1) is 14.0. The third-order valence-electron chi connectivity index (χ3n) is 5.06. The first-order valence-electron chi connectivity index (χ1n) is 11.1. The van der Waals surface area contributed by atoms with E-state index in [2.05, 4.69) is 56.2 Å². The summed E-state index contributed by atoms with van der Waals surface area (Å²) in [6.07, 6.45) is 2.59. The van der Waals surface area contributed by atoms with Crippen molar-refractivity contribution in [2.75, 3.05) is 39.3 Å². The summed E-state index contributed by atoms with van der Waals surface area (Å²) in [5.41, 5.74) is 1.15. The first kappa shape index (κ1) is 23.5. The van der Waals surface area contributed by atoms with Gasteiger partial charge in [-0.05, 0) is 59.1 Å². The predicted molar refractivity (Wildman–Crippen MR) is 121 cm³/mol. The van der Waals surface area contributed by atoms with E-state index in [4.69, 9.17) is 14.5 Å². The van der Waals surface area contributed by atoms with Gasteiger partial charge < -0.3 is 25.0 Å². The Labute approximate surface area is 177 Å². The van der Waals surface area contributed by atoms with E-state index in [9.17, 15) is 0 Å². The van der Waals surface area contributed by atoms with Gasteiger partial charge in [0.15, 0.2) is 5.96 Å². The highest BCUT2D eigenvalue weighted by atomic mass is 16.5. The smallest absolute Gasteiger partial charge is 0.191 e. The molecule has 0 spiro atoms. The van der Waals surface area contributed by atoms with Crippen LogP contribution in [0.15, 0.2) is 29.3 Å². The van der Waals surface area contributed by atoms with Crippen molar-refractivity contribution in [3.63, 3.8) is 0 Å². The number of hydrogen-bond acceptors (Lipinski definition) is 4. The van der Waals surface area contributed by atoms with Crippen LogP contribution in [0.4, 0.5) is 0 Å². The van der Waals surface area contributed by atoms with Gasteiger partial charge in [0.05, 0.1) is 19.3 Å². The lowest BCUT2D eigenvalue weighted by molar-refractivity contribution is 0.0532. The molecule has 2 N–H and O–H groups in total. The normalized spacial score (nSPS) is 17.4. The van der Waals surface area contributed by atoms with Crippen molar-refractivity contribution in [3.05, 3.63) is 29.8 Å². The fourth-order valence-corrected chi connectivity index (χ4v) is 3.39. The topological polar surface area (TPSA) is 58.1 Å². The fraction of sp³-hybridized carbons (Fsp3) is 0.696. The Bertz CT molecular complexity index is 613. The van der Waals surface area contributed by atoms with Crippen LogP contribution in [0.3, 0.4) is 0 Å². The van der Waals surface area contributed by atoms with E-state index in [-0.39, 0.29) is 6.10 Å². The summed E-state index contributed by atoms with van der Waals surface area (Å²) in [7, 11) is 0. The van der Waals surface area contributed by atoms with Gasteiger partial charge in [0.1, 0.15) is 11.9 Å². The number of aliphatic imine (C=N–C) groups is 1. The zero-order valence-corrected chi connectivity index (χ0v) is 18.9. The second-order valence-electron chi connectivity index (χ2n) is 8.09. The Morgan fingerprint density at radius 2 is 1.93 bits per heavy atom. The Balaban J connectivity index is 1.77. The molecule has 1 fully saturated rings. The Morgan fingerprint density at radius 3 is 2.59 bits per heavy atom. The lowest BCUT2D eigenvalue weighted by Crippen LogP contribution is -2.49. The first-order valence-corrected chi connectivity index (χ1v) is 11.1. The lowest BCUT2D eigenvalue weighted by Gasteiger charge is -2.33. The predicted octanol–water partition coefficient (Wildman–Crippen LogP) is 3.21. The van der Waals surface area contributed by atoms with Gasteiger partial charge in [-0.25, -0.2) is 4.99 Å². The molecular weight excluding hydrogens is 364 g/mol. The van der Waals surface area contributed by atoms with Gasteiger partial charge in [0, 0.05) is 32.2 Å². The van der Waals surface area contributed by atoms with Gasteiger partial charge in [-0.3, -0.25) is 0 Å². The number of para-hydroxylation sites is 1. The molecule has 2 rings (SSSR count). The Morgan fingerprint density at radius 1 is 1.21 bits per heavy atom. The molecular formula is C23H40N4O2. The molecule has 6 nitrogen and oxygen atoms in total. The van der Waals surface area contributed by atoms with Crippen molar-refractivity contribution < 1.29 is 9.47 Å². The van der Waals surface area contributed by atoms with E-state index < -0.39 is 0 Å². The van der Waals surface area contributed by atoms with Crippen molar-refractivity contribution in [2.24, 2.45) is 4.99 Å². The molecule has 0 radical (unpaired) electrons. The van der Waals surface area contributed by atoms with Crippen LogP contribution in [0.2, 0.25) is 0 Å². The fourth-order valence-electron chi connectivity index (χ4n) is 3.39. The lowest BCUT2D eigenvalue weighted by atomic mass is 10.1. The summed E-state index contributed by atoms with van der Waals surface area (Å²) in [6.45, 7) is 15.9. The SMILES string of the molecule is CCNC(=NCC(C)Oc1ccccc1C)NC1CCN(CCOC(C)C)CC1. The average Bonchev–Trinajstić information content (AvgIpc) is 2.69. The van der Waals surface area contributed by atoms with Crippen LogP contribution >= 0.6 is 0 Å². The maximum atomic E-state index is 6.05. The van der Waals surface area contributed by atoms with Gasteiger partial charge >= 0.3 is 0 Å². The number of benzene rings is 1. The molecule has 1 atom stereocenters. The van der Waals surface area contributed by atoms with E-state index in [1.54, 1.807) is 0 Å². The minimum atomic E-state index is 0.0226. The summed E-state index contributed by atoms with van der Waals surface area (Å²) in [4.78, 5) is 7.25. The molecule has 0 amide bonds. The van der Waals surface area contributed by atoms with Gasteiger partial charge in [-0.1, -0.05) is 18.2 Å². The second kappa shape index (κ2) is 12.7. The van der Waals surface area contributed by atoms with Crippen LogP contribution in [0.1, 0.15) is 46.1 Å². The molecule has 1 heterocycles. The highest BCUT2D eigenvalue weighted by molar-refractivity contribution is 5.80. The third kappa shape index (κ3) is 9.05.